The smallest absolute Gasteiger partial charge is 0.169 e. The lowest BCUT2D eigenvalue weighted by Crippen LogP contribution is -2.44. The first kappa shape index (κ1) is 16.7. The van der Waals surface area contributed by atoms with Crippen molar-refractivity contribution >= 4 is 22.7 Å². The Morgan fingerprint density at radius 3 is 2.82 bits per heavy atom. The number of ether oxygens (including phenoxy) is 1. The molecule has 0 aromatic carbocycles. The van der Waals surface area contributed by atoms with Gasteiger partial charge in [-0.25, -0.2) is 4.98 Å². The molecule has 9 heteroatoms. The molecule has 0 unspecified atom stereocenters. The Kier molecular flexibility index (Phi) is 3.94. The highest BCUT2D eigenvalue weighted by molar-refractivity contribution is 6.01. The third-order valence-electron chi connectivity index (χ3n) is 5.02. The van der Waals surface area contributed by atoms with Crippen LogP contribution in [0.15, 0.2) is 42.9 Å². The summed E-state index contributed by atoms with van der Waals surface area (Å²) in [4.78, 5) is 11.3. The molecule has 0 spiro atoms. The van der Waals surface area contributed by atoms with Gasteiger partial charge < -0.3 is 15.4 Å². The number of pyridine rings is 2. The van der Waals surface area contributed by atoms with Crippen LogP contribution in [0.4, 0.5) is 11.6 Å². The minimum absolute atomic E-state index is 0.227. The topological polar surface area (TPSA) is 111 Å². The lowest BCUT2D eigenvalue weighted by molar-refractivity contribution is 0.0986. The number of fused-ring (bicyclic) bond motifs is 1. The van der Waals surface area contributed by atoms with Crippen molar-refractivity contribution in [2.75, 3.05) is 30.4 Å². The van der Waals surface area contributed by atoms with Gasteiger partial charge in [-0.05, 0) is 30.7 Å². The monoisotopic (exact) mass is 376 g/mol. The van der Waals surface area contributed by atoms with Gasteiger partial charge in [0, 0.05) is 30.6 Å². The molecule has 1 fully saturated rings. The van der Waals surface area contributed by atoms with Crippen LogP contribution in [-0.4, -0.2) is 55.7 Å². The van der Waals surface area contributed by atoms with Crippen LogP contribution >= 0.6 is 0 Å². The molecule has 0 aliphatic carbocycles. The van der Waals surface area contributed by atoms with Crippen LogP contribution in [-0.2, 0) is 4.74 Å². The van der Waals surface area contributed by atoms with Gasteiger partial charge in [0.15, 0.2) is 17.3 Å². The standard InChI is InChI=1S/C19H20N8O/c1-12-11-28-9-8-26(12)16-10-14(13-2-5-21-6-3-13)17-18(20)25-27(19(17)23-16)15-4-7-22-24-15/h2-7,10,12H,8-9,11H2,1H3,(H2,20,25)(H,22,24)/t12-/m1/s1. The SMILES string of the molecule is C[C@@H]1COCCN1c1cc(-c2ccncc2)c2c(N)nn(-c3ccn[nH]3)c2n1. The number of morpholine rings is 1. The number of nitrogens with two attached hydrogens (primary N) is 1. The maximum atomic E-state index is 6.32. The first-order chi connectivity index (χ1) is 13.7. The number of aromatic amines is 1. The highest BCUT2D eigenvalue weighted by Crippen LogP contribution is 2.36. The first-order valence-electron chi connectivity index (χ1n) is 9.16. The average molecular weight is 376 g/mol. The van der Waals surface area contributed by atoms with Crippen LogP contribution < -0.4 is 10.6 Å². The molecule has 4 aromatic rings. The number of hydrogen-bond acceptors (Lipinski definition) is 7. The van der Waals surface area contributed by atoms with E-state index in [1.807, 2.05) is 18.2 Å². The van der Waals surface area contributed by atoms with Crippen LogP contribution in [0.5, 0.6) is 0 Å². The fourth-order valence-electron chi connectivity index (χ4n) is 3.64. The number of rotatable bonds is 3. The van der Waals surface area contributed by atoms with Gasteiger partial charge in [0.25, 0.3) is 0 Å². The Labute approximate surface area is 161 Å². The summed E-state index contributed by atoms with van der Waals surface area (Å²) < 4.78 is 7.30. The van der Waals surface area contributed by atoms with Crippen LogP contribution in [0.2, 0.25) is 0 Å². The number of aromatic nitrogens is 6. The van der Waals surface area contributed by atoms with E-state index in [1.54, 1.807) is 23.3 Å². The zero-order valence-corrected chi connectivity index (χ0v) is 15.4. The third-order valence-corrected chi connectivity index (χ3v) is 5.02. The Morgan fingerprint density at radius 2 is 2.07 bits per heavy atom. The molecule has 9 nitrogen and oxygen atoms in total. The summed E-state index contributed by atoms with van der Waals surface area (Å²) in [5, 5.41) is 12.3. The number of H-pyrrole nitrogens is 1. The largest absolute Gasteiger partial charge is 0.382 e. The molecule has 1 aliphatic rings. The van der Waals surface area contributed by atoms with E-state index in [2.05, 4.69) is 38.2 Å². The van der Waals surface area contributed by atoms with E-state index in [1.165, 1.54) is 0 Å². The average Bonchev–Trinajstić information content (AvgIpc) is 3.37. The Bertz CT molecular complexity index is 1110. The maximum Gasteiger partial charge on any atom is 0.169 e. The number of nitrogens with one attached hydrogen (secondary N) is 1. The predicted octanol–water partition coefficient (Wildman–Crippen LogP) is 2.01. The molecule has 0 radical (unpaired) electrons. The predicted molar refractivity (Wildman–Crippen MR) is 106 cm³/mol. The van der Waals surface area contributed by atoms with Crippen molar-refractivity contribution in [3.05, 3.63) is 42.9 Å². The molecular formula is C19H20N8O. The van der Waals surface area contributed by atoms with Crippen molar-refractivity contribution in [3.63, 3.8) is 0 Å². The second-order valence-electron chi connectivity index (χ2n) is 6.82. The van der Waals surface area contributed by atoms with Crippen molar-refractivity contribution in [1.82, 2.24) is 29.9 Å². The summed E-state index contributed by atoms with van der Waals surface area (Å²) >= 11 is 0. The number of hydrogen-bond donors (Lipinski definition) is 2. The van der Waals surface area contributed by atoms with Gasteiger partial charge in [0.05, 0.1) is 30.8 Å². The molecule has 1 atom stereocenters. The molecule has 1 aliphatic heterocycles. The van der Waals surface area contributed by atoms with Gasteiger partial charge in [-0.15, -0.1) is 5.10 Å². The van der Waals surface area contributed by atoms with E-state index in [4.69, 9.17) is 15.5 Å². The fraction of sp³-hybridized carbons (Fsp3) is 0.263. The van der Waals surface area contributed by atoms with E-state index in [-0.39, 0.29) is 6.04 Å². The van der Waals surface area contributed by atoms with E-state index in [9.17, 15) is 0 Å². The van der Waals surface area contributed by atoms with Crippen molar-refractivity contribution < 1.29 is 4.74 Å². The van der Waals surface area contributed by atoms with Crippen LogP contribution in [0.3, 0.4) is 0 Å². The zero-order chi connectivity index (χ0) is 19.1. The number of nitrogen functional groups attached to an aromatic ring is 1. The molecule has 28 heavy (non-hydrogen) atoms. The third kappa shape index (κ3) is 2.67. The fourth-order valence-corrected chi connectivity index (χ4v) is 3.64. The summed E-state index contributed by atoms with van der Waals surface area (Å²) in [6.45, 7) is 4.27. The van der Waals surface area contributed by atoms with E-state index in [0.717, 1.165) is 28.9 Å². The molecule has 142 valence electrons. The maximum absolute atomic E-state index is 6.32. The van der Waals surface area contributed by atoms with Crippen LogP contribution in [0.1, 0.15) is 6.92 Å². The van der Waals surface area contributed by atoms with Crippen molar-refractivity contribution in [1.29, 1.82) is 0 Å². The second kappa shape index (κ2) is 6.61. The van der Waals surface area contributed by atoms with Gasteiger partial charge in [0.1, 0.15) is 5.82 Å². The van der Waals surface area contributed by atoms with E-state index < -0.39 is 0 Å². The van der Waals surface area contributed by atoms with E-state index >= 15 is 0 Å². The Morgan fingerprint density at radius 1 is 1.21 bits per heavy atom. The Hall–Kier alpha value is -3.46. The zero-order valence-electron chi connectivity index (χ0n) is 15.4. The highest BCUT2D eigenvalue weighted by atomic mass is 16.5. The van der Waals surface area contributed by atoms with Gasteiger partial charge in [0.2, 0.25) is 0 Å². The molecule has 0 saturated carbocycles. The summed E-state index contributed by atoms with van der Waals surface area (Å²) in [6, 6.07) is 8.08. The normalized spacial score (nSPS) is 17.3. The molecule has 4 aromatic heterocycles. The molecular weight excluding hydrogens is 356 g/mol. The van der Waals surface area contributed by atoms with Crippen LogP contribution in [0.25, 0.3) is 28.0 Å². The summed E-state index contributed by atoms with van der Waals surface area (Å²) in [5.74, 6) is 2.00. The summed E-state index contributed by atoms with van der Waals surface area (Å²) in [5.41, 5.74) is 9.00. The van der Waals surface area contributed by atoms with Gasteiger partial charge in [-0.2, -0.15) is 9.78 Å². The molecule has 0 bridgehead atoms. The van der Waals surface area contributed by atoms with E-state index in [0.29, 0.717) is 30.5 Å². The summed E-state index contributed by atoms with van der Waals surface area (Å²) in [7, 11) is 0. The lowest BCUT2D eigenvalue weighted by Gasteiger charge is -2.34. The minimum Gasteiger partial charge on any atom is -0.382 e. The van der Waals surface area contributed by atoms with Crippen molar-refractivity contribution in [2.24, 2.45) is 0 Å². The van der Waals surface area contributed by atoms with Crippen molar-refractivity contribution in [3.8, 4) is 16.9 Å². The quantitative estimate of drug-likeness (QED) is 0.563. The summed E-state index contributed by atoms with van der Waals surface area (Å²) in [6.07, 6.45) is 5.22. The molecule has 3 N–H and O–H groups in total. The first-order valence-corrected chi connectivity index (χ1v) is 9.16. The number of anilines is 2. The highest BCUT2D eigenvalue weighted by Gasteiger charge is 2.24. The van der Waals surface area contributed by atoms with Gasteiger partial charge >= 0.3 is 0 Å². The van der Waals surface area contributed by atoms with Gasteiger partial charge in [-0.1, -0.05) is 0 Å². The second-order valence-corrected chi connectivity index (χ2v) is 6.82. The molecule has 5 heterocycles. The Balaban J connectivity index is 1.79. The van der Waals surface area contributed by atoms with Crippen molar-refractivity contribution in [2.45, 2.75) is 13.0 Å². The van der Waals surface area contributed by atoms with Crippen LogP contribution in [0, 0.1) is 0 Å². The number of nitrogens with zero attached hydrogens (tertiary/aromatic N) is 6. The molecule has 1 saturated heterocycles. The molecule has 0 amide bonds. The molecule has 5 rings (SSSR count). The minimum atomic E-state index is 0.227. The lowest BCUT2D eigenvalue weighted by atomic mass is 10.0. The van der Waals surface area contributed by atoms with Gasteiger partial charge in [-0.3, -0.25) is 10.1 Å².